The highest BCUT2D eigenvalue weighted by atomic mass is 16.2. The van der Waals surface area contributed by atoms with E-state index in [-0.39, 0.29) is 11.7 Å². The molecule has 2 unspecified atom stereocenters. The molecule has 1 aromatic rings. The number of amides is 1. The van der Waals surface area contributed by atoms with Gasteiger partial charge in [-0.3, -0.25) is 9.59 Å². The number of hydrogen-bond acceptors (Lipinski definition) is 2. The molecule has 1 aliphatic heterocycles. The number of ketones is 1. The molecule has 19 heavy (non-hydrogen) atoms. The summed E-state index contributed by atoms with van der Waals surface area (Å²) in [6.07, 6.45) is 1.57. The average Bonchev–Trinajstić information content (AvgIpc) is 2.52. The van der Waals surface area contributed by atoms with Crippen molar-refractivity contribution in [1.82, 2.24) is 5.32 Å². The SMILES string of the molecule is CCCC1(C)NC(=O)C(c2ccc(C)cc2C)C1=O. The third-order valence-corrected chi connectivity index (χ3v) is 3.95. The number of nitrogens with one attached hydrogen (secondary N) is 1. The Morgan fingerprint density at radius 3 is 2.53 bits per heavy atom. The van der Waals surface area contributed by atoms with E-state index in [0.29, 0.717) is 6.42 Å². The van der Waals surface area contributed by atoms with Gasteiger partial charge >= 0.3 is 0 Å². The first kappa shape index (κ1) is 13.8. The van der Waals surface area contributed by atoms with Crippen molar-refractivity contribution >= 4 is 11.7 Å². The van der Waals surface area contributed by atoms with Crippen molar-refractivity contribution in [3.05, 3.63) is 34.9 Å². The number of Topliss-reactive ketones (excluding diaryl/α,β-unsaturated/α-hetero) is 1. The number of hydrogen-bond donors (Lipinski definition) is 1. The average molecular weight is 259 g/mol. The molecule has 2 rings (SSSR count). The van der Waals surface area contributed by atoms with Crippen LogP contribution in [0.3, 0.4) is 0 Å². The largest absolute Gasteiger partial charge is 0.343 e. The molecule has 0 aromatic heterocycles. The molecule has 0 spiro atoms. The van der Waals surface area contributed by atoms with Gasteiger partial charge in [0, 0.05) is 0 Å². The minimum absolute atomic E-state index is 0.00584. The highest BCUT2D eigenvalue weighted by Crippen LogP contribution is 2.33. The van der Waals surface area contributed by atoms with Crippen LogP contribution in [0.5, 0.6) is 0 Å². The monoisotopic (exact) mass is 259 g/mol. The first-order valence-corrected chi connectivity index (χ1v) is 6.82. The fourth-order valence-corrected chi connectivity index (χ4v) is 2.96. The minimum Gasteiger partial charge on any atom is -0.343 e. The lowest BCUT2D eigenvalue weighted by molar-refractivity contribution is -0.125. The molecule has 1 amide bonds. The zero-order chi connectivity index (χ0) is 14.2. The Balaban J connectivity index is 2.40. The second-order valence-electron chi connectivity index (χ2n) is 5.73. The highest BCUT2D eigenvalue weighted by molar-refractivity contribution is 6.17. The summed E-state index contributed by atoms with van der Waals surface area (Å²) in [5.74, 6) is -0.795. The fourth-order valence-electron chi connectivity index (χ4n) is 2.96. The zero-order valence-electron chi connectivity index (χ0n) is 12.0. The van der Waals surface area contributed by atoms with Crippen LogP contribution in [0.2, 0.25) is 0 Å². The maximum atomic E-state index is 12.6. The fraction of sp³-hybridized carbons (Fsp3) is 0.500. The third-order valence-electron chi connectivity index (χ3n) is 3.95. The van der Waals surface area contributed by atoms with Crippen LogP contribution in [0, 0.1) is 13.8 Å². The van der Waals surface area contributed by atoms with Crippen molar-refractivity contribution in [3.8, 4) is 0 Å². The number of carbonyl (C=O) groups is 2. The predicted molar refractivity (Wildman–Crippen MR) is 75.1 cm³/mol. The maximum absolute atomic E-state index is 12.6. The molecule has 0 bridgehead atoms. The van der Waals surface area contributed by atoms with E-state index in [1.165, 1.54) is 0 Å². The van der Waals surface area contributed by atoms with Crippen LogP contribution in [0.25, 0.3) is 0 Å². The summed E-state index contributed by atoms with van der Waals surface area (Å²) in [5, 5.41) is 2.88. The topological polar surface area (TPSA) is 46.2 Å². The Hall–Kier alpha value is -1.64. The lowest BCUT2D eigenvalue weighted by atomic mass is 9.84. The van der Waals surface area contributed by atoms with Crippen molar-refractivity contribution in [3.63, 3.8) is 0 Å². The van der Waals surface area contributed by atoms with Gasteiger partial charge in [-0.05, 0) is 38.3 Å². The van der Waals surface area contributed by atoms with Gasteiger partial charge in [0.15, 0.2) is 5.78 Å². The minimum atomic E-state index is -0.701. The molecule has 1 N–H and O–H groups in total. The van der Waals surface area contributed by atoms with E-state index in [1.807, 2.05) is 45.9 Å². The van der Waals surface area contributed by atoms with Gasteiger partial charge in [0.1, 0.15) is 5.92 Å². The molecule has 2 atom stereocenters. The lowest BCUT2D eigenvalue weighted by Gasteiger charge is -2.21. The van der Waals surface area contributed by atoms with Gasteiger partial charge in [-0.1, -0.05) is 37.1 Å². The Morgan fingerprint density at radius 1 is 1.26 bits per heavy atom. The van der Waals surface area contributed by atoms with Gasteiger partial charge in [0.25, 0.3) is 0 Å². The molecule has 0 radical (unpaired) electrons. The van der Waals surface area contributed by atoms with Gasteiger partial charge in [0.2, 0.25) is 5.91 Å². The summed E-state index contributed by atoms with van der Waals surface area (Å²) < 4.78 is 0. The number of aryl methyl sites for hydroxylation is 2. The van der Waals surface area contributed by atoms with Crippen LogP contribution in [-0.2, 0) is 9.59 Å². The van der Waals surface area contributed by atoms with Crippen molar-refractivity contribution in [2.24, 2.45) is 0 Å². The van der Waals surface area contributed by atoms with Crippen molar-refractivity contribution in [2.75, 3.05) is 0 Å². The first-order chi connectivity index (χ1) is 8.89. The van der Waals surface area contributed by atoms with Gasteiger partial charge in [-0.15, -0.1) is 0 Å². The molecule has 1 saturated heterocycles. The second-order valence-corrected chi connectivity index (χ2v) is 5.73. The van der Waals surface area contributed by atoms with Gasteiger partial charge in [-0.25, -0.2) is 0 Å². The molecule has 0 aliphatic carbocycles. The molecule has 102 valence electrons. The smallest absolute Gasteiger partial charge is 0.235 e. The van der Waals surface area contributed by atoms with Crippen molar-refractivity contribution in [2.45, 2.75) is 52.0 Å². The van der Waals surface area contributed by atoms with Crippen LogP contribution < -0.4 is 5.32 Å². The highest BCUT2D eigenvalue weighted by Gasteiger charge is 2.49. The van der Waals surface area contributed by atoms with Gasteiger partial charge < -0.3 is 5.32 Å². The standard InChI is InChI=1S/C16H21NO2/c1-5-8-16(4)14(18)13(15(19)17-16)12-7-6-10(2)9-11(12)3/h6-7,9,13H,5,8H2,1-4H3,(H,17,19). The Labute approximate surface area is 114 Å². The first-order valence-electron chi connectivity index (χ1n) is 6.82. The van der Waals surface area contributed by atoms with Gasteiger partial charge in [-0.2, -0.15) is 0 Å². The van der Waals surface area contributed by atoms with E-state index in [0.717, 1.165) is 23.1 Å². The predicted octanol–water partition coefficient (Wildman–Crippen LogP) is 2.64. The van der Waals surface area contributed by atoms with Crippen LogP contribution >= 0.6 is 0 Å². The van der Waals surface area contributed by atoms with Crippen LogP contribution in [-0.4, -0.2) is 17.2 Å². The quantitative estimate of drug-likeness (QED) is 0.848. The van der Waals surface area contributed by atoms with E-state index in [1.54, 1.807) is 0 Å². The summed E-state index contributed by atoms with van der Waals surface area (Å²) in [6, 6.07) is 5.88. The summed E-state index contributed by atoms with van der Waals surface area (Å²) in [5.41, 5.74) is 2.29. The number of rotatable bonds is 3. The second kappa shape index (κ2) is 4.80. The molecule has 1 heterocycles. The summed E-state index contributed by atoms with van der Waals surface area (Å²) in [7, 11) is 0. The van der Waals surface area contributed by atoms with Gasteiger partial charge in [0.05, 0.1) is 5.54 Å². The normalized spacial score (nSPS) is 26.6. The van der Waals surface area contributed by atoms with Crippen molar-refractivity contribution in [1.29, 1.82) is 0 Å². The molecule has 3 nitrogen and oxygen atoms in total. The molecule has 3 heteroatoms. The zero-order valence-corrected chi connectivity index (χ0v) is 12.0. The van der Waals surface area contributed by atoms with E-state index in [4.69, 9.17) is 0 Å². The number of carbonyl (C=O) groups excluding carboxylic acids is 2. The van der Waals surface area contributed by atoms with E-state index >= 15 is 0 Å². The Kier molecular flexibility index (Phi) is 3.48. The number of benzene rings is 1. The van der Waals surface area contributed by atoms with Crippen LogP contribution in [0.4, 0.5) is 0 Å². The molecular weight excluding hydrogens is 238 g/mol. The molecule has 1 aliphatic rings. The Bertz CT molecular complexity index is 536. The summed E-state index contributed by atoms with van der Waals surface area (Å²) in [6.45, 7) is 7.82. The summed E-state index contributed by atoms with van der Waals surface area (Å²) >= 11 is 0. The Morgan fingerprint density at radius 2 is 1.95 bits per heavy atom. The maximum Gasteiger partial charge on any atom is 0.235 e. The van der Waals surface area contributed by atoms with Crippen molar-refractivity contribution < 1.29 is 9.59 Å². The third kappa shape index (κ3) is 2.29. The molecular formula is C16H21NO2. The van der Waals surface area contributed by atoms with Crippen LogP contribution in [0.15, 0.2) is 18.2 Å². The summed E-state index contributed by atoms with van der Waals surface area (Å²) in [4.78, 5) is 24.8. The lowest BCUT2D eigenvalue weighted by Crippen LogP contribution is -2.43. The van der Waals surface area contributed by atoms with E-state index in [9.17, 15) is 9.59 Å². The molecule has 1 aromatic carbocycles. The van der Waals surface area contributed by atoms with E-state index in [2.05, 4.69) is 5.32 Å². The molecule has 1 fully saturated rings. The molecule has 0 saturated carbocycles. The van der Waals surface area contributed by atoms with Crippen LogP contribution in [0.1, 0.15) is 49.3 Å². The van der Waals surface area contributed by atoms with E-state index < -0.39 is 11.5 Å².